The van der Waals surface area contributed by atoms with Crippen LogP contribution in [0.4, 0.5) is 0 Å². The van der Waals surface area contributed by atoms with Crippen LogP contribution < -0.4 is 10.6 Å². The lowest BCUT2D eigenvalue weighted by Gasteiger charge is -2.40. The van der Waals surface area contributed by atoms with Gasteiger partial charge in [0, 0.05) is 52.2 Å². The Balaban J connectivity index is 0.00000200. The second kappa shape index (κ2) is 8.02. The fourth-order valence-electron chi connectivity index (χ4n) is 3.03. The van der Waals surface area contributed by atoms with Gasteiger partial charge in [0.2, 0.25) is 5.91 Å². The van der Waals surface area contributed by atoms with Gasteiger partial charge in [-0.2, -0.15) is 0 Å². The smallest absolute Gasteiger partial charge is 0.220 e. The summed E-state index contributed by atoms with van der Waals surface area (Å²) in [4.78, 5) is 18.1. The number of nitrogens with zero attached hydrogens (tertiary/aromatic N) is 2. The van der Waals surface area contributed by atoms with Gasteiger partial charge in [0.1, 0.15) is 0 Å². The monoisotopic (exact) mass is 396 g/mol. The first-order valence-corrected chi connectivity index (χ1v) is 6.90. The molecule has 0 aromatic rings. The molecule has 0 radical (unpaired) electrons. The van der Waals surface area contributed by atoms with E-state index >= 15 is 0 Å². The van der Waals surface area contributed by atoms with Gasteiger partial charge in [0.25, 0.3) is 0 Å². The summed E-state index contributed by atoms with van der Waals surface area (Å²) in [5.41, 5.74) is 0.105. The summed E-state index contributed by atoms with van der Waals surface area (Å²) in [6.45, 7) is 4.13. The molecule has 0 bridgehead atoms. The molecule has 2 heterocycles. The summed E-state index contributed by atoms with van der Waals surface area (Å²) < 4.78 is 5.04. The quantitative estimate of drug-likeness (QED) is 0.314. The molecule has 1 unspecified atom stereocenters. The third-order valence-corrected chi connectivity index (χ3v) is 3.96. The van der Waals surface area contributed by atoms with Crippen LogP contribution in [0.5, 0.6) is 0 Å². The van der Waals surface area contributed by atoms with Crippen LogP contribution >= 0.6 is 24.0 Å². The van der Waals surface area contributed by atoms with Gasteiger partial charge >= 0.3 is 0 Å². The standard InChI is InChI=1S/C13H24N4O2.HI/c1-14-12(15-5-7-19-2)17-6-3-4-13(10-17)8-11(18)16-9-13;/h3-10H2,1-2H3,(H,14,15)(H,16,18);1H. The lowest BCUT2D eigenvalue weighted by molar-refractivity contribution is -0.119. The number of piperidine rings is 1. The number of rotatable bonds is 3. The zero-order chi connectivity index (χ0) is 13.7. The Kier molecular flexibility index (Phi) is 7.01. The predicted octanol–water partition coefficient (Wildman–Crippen LogP) is 0.428. The van der Waals surface area contributed by atoms with Gasteiger partial charge in [0.15, 0.2) is 5.96 Å². The Bertz CT molecular complexity index is 364. The van der Waals surface area contributed by atoms with Crippen molar-refractivity contribution in [1.82, 2.24) is 15.5 Å². The van der Waals surface area contributed by atoms with Crippen molar-refractivity contribution < 1.29 is 9.53 Å². The van der Waals surface area contributed by atoms with Crippen molar-refractivity contribution in [1.29, 1.82) is 0 Å². The minimum Gasteiger partial charge on any atom is -0.383 e. The molecule has 2 rings (SSSR count). The number of aliphatic imine (C=N–C) groups is 1. The van der Waals surface area contributed by atoms with Crippen LogP contribution in [0.1, 0.15) is 19.3 Å². The molecule has 7 heteroatoms. The summed E-state index contributed by atoms with van der Waals surface area (Å²) in [5, 5.41) is 6.27. The number of carbonyl (C=O) groups excluding carboxylic acids is 1. The Hall–Kier alpha value is -0.570. The zero-order valence-corrected chi connectivity index (χ0v) is 14.6. The maximum atomic E-state index is 11.5. The lowest BCUT2D eigenvalue weighted by Crippen LogP contribution is -2.51. The highest BCUT2D eigenvalue weighted by Crippen LogP contribution is 2.35. The summed E-state index contributed by atoms with van der Waals surface area (Å²) in [6, 6.07) is 0. The molecule has 2 N–H and O–H groups in total. The van der Waals surface area contributed by atoms with Crippen LogP contribution in [0.25, 0.3) is 0 Å². The molecule has 2 saturated heterocycles. The van der Waals surface area contributed by atoms with Gasteiger partial charge in [0.05, 0.1) is 6.61 Å². The fourth-order valence-corrected chi connectivity index (χ4v) is 3.03. The van der Waals surface area contributed by atoms with Crippen LogP contribution in [0, 0.1) is 5.41 Å². The SMILES string of the molecule is CN=C(NCCOC)N1CCCC2(CNC(=O)C2)C1.I. The predicted molar refractivity (Wildman–Crippen MR) is 89.5 cm³/mol. The van der Waals surface area contributed by atoms with Crippen molar-refractivity contribution in [3.63, 3.8) is 0 Å². The largest absolute Gasteiger partial charge is 0.383 e. The summed E-state index contributed by atoms with van der Waals surface area (Å²) in [6.07, 6.45) is 2.88. The van der Waals surface area contributed by atoms with Gasteiger partial charge in [-0.05, 0) is 12.8 Å². The first kappa shape index (κ1) is 17.5. The van der Waals surface area contributed by atoms with E-state index in [9.17, 15) is 4.79 Å². The number of hydrogen-bond donors (Lipinski definition) is 2. The highest BCUT2D eigenvalue weighted by atomic mass is 127. The average molecular weight is 396 g/mol. The molecule has 116 valence electrons. The summed E-state index contributed by atoms with van der Waals surface area (Å²) in [5.74, 6) is 1.10. The number of carbonyl (C=O) groups is 1. The van der Waals surface area contributed by atoms with E-state index in [2.05, 4.69) is 20.5 Å². The molecule has 6 nitrogen and oxygen atoms in total. The second-order valence-corrected chi connectivity index (χ2v) is 5.45. The molecule has 2 fully saturated rings. The van der Waals surface area contributed by atoms with E-state index in [1.807, 2.05) is 0 Å². The van der Waals surface area contributed by atoms with Crippen molar-refractivity contribution in [3.8, 4) is 0 Å². The number of ether oxygens (including phenoxy) is 1. The second-order valence-electron chi connectivity index (χ2n) is 5.45. The molecule has 1 amide bonds. The Morgan fingerprint density at radius 2 is 2.40 bits per heavy atom. The highest BCUT2D eigenvalue weighted by Gasteiger charge is 2.42. The van der Waals surface area contributed by atoms with Gasteiger partial charge in [-0.15, -0.1) is 24.0 Å². The van der Waals surface area contributed by atoms with Crippen LogP contribution in [0.2, 0.25) is 0 Å². The van der Waals surface area contributed by atoms with Crippen LogP contribution in [-0.2, 0) is 9.53 Å². The number of halogens is 1. The minimum atomic E-state index is 0. The Morgan fingerprint density at radius 1 is 1.60 bits per heavy atom. The first-order valence-electron chi connectivity index (χ1n) is 6.90. The van der Waals surface area contributed by atoms with E-state index in [1.54, 1.807) is 14.2 Å². The van der Waals surface area contributed by atoms with E-state index in [0.717, 1.165) is 45.0 Å². The summed E-state index contributed by atoms with van der Waals surface area (Å²) >= 11 is 0. The fraction of sp³-hybridized carbons (Fsp3) is 0.846. The highest BCUT2D eigenvalue weighted by molar-refractivity contribution is 14.0. The lowest BCUT2D eigenvalue weighted by atomic mass is 9.79. The van der Waals surface area contributed by atoms with Crippen molar-refractivity contribution in [2.45, 2.75) is 19.3 Å². The first-order chi connectivity index (χ1) is 9.19. The van der Waals surface area contributed by atoms with Gasteiger partial charge in [-0.1, -0.05) is 0 Å². The average Bonchev–Trinajstić information content (AvgIpc) is 2.76. The van der Waals surface area contributed by atoms with E-state index in [-0.39, 0.29) is 35.3 Å². The minimum absolute atomic E-state index is 0. The molecule has 20 heavy (non-hydrogen) atoms. The maximum absolute atomic E-state index is 11.5. The van der Waals surface area contributed by atoms with Gasteiger partial charge in [-0.3, -0.25) is 9.79 Å². The summed E-state index contributed by atoms with van der Waals surface area (Å²) in [7, 11) is 3.49. The maximum Gasteiger partial charge on any atom is 0.220 e. The third-order valence-electron chi connectivity index (χ3n) is 3.96. The number of guanidine groups is 1. The van der Waals surface area contributed by atoms with Gasteiger partial charge in [-0.25, -0.2) is 0 Å². The topological polar surface area (TPSA) is 66.0 Å². The number of amides is 1. The molecule has 0 aliphatic carbocycles. The number of methoxy groups -OCH3 is 1. The molecule has 1 spiro atoms. The van der Waals surface area contributed by atoms with Crippen LogP contribution in [0.15, 0.2) is 4.99 Å². The van der Waals surface area contributed by atoms with Crippen LogP contribution in [-0.4, -0.2) is 63.7 Å². The molecular formula is C13H25IN4O2. The number of likely N-dealkylation sites (tertiary alicyclic amines) is 1. The van der Waals surface area contributed by atoms with Gasteiger partial charge < -0.3 is 20.3 Å². The molecule has 0 aromatic heterocycles. The molecule has 1 atom stereocenters. The molecule has 0 saturated carbocycles. The van der Waals surface area contributed by atoms with E-state index in [1.165, 1.54) is 0 Å². The van der Waals surface area contributed by atoms with Crippen LogP contribution in [0.3, 0.4) is 0 Å². The Morgan fingerprint density at radius 3 is 3.00 bits per heavy atom. The van der Waals surface area contributed by atoms with E-state index in [0.29, 0.717) is 13.0 Å². The number of nitrogens with one attached hydrogen (secondary N) is 2. The van der Waals surface area contributed by atoms with E-state index in [4.69, 9.17) is 4.74 Å². The van der Waals surface area contributed by atoms with Crippen molar-refractivity contribution >= 4 is 35.8 Å². The number of hydrogen-bond acceptors (Lipinski definition) is 3. The van der Waals surface area contributed by atoms with Crippen molar-refractivity contribution in [3.05, 3.63) is 0 Å². The molecule has 2 aliphatic rings. The molecular weight excluding hydrogens is 371 g/mol. The Labute approximate surface area is 137 Å². The van der Waals surface area contributed by atoms with Crippen molar-refractivity contribution in [2.24, 2.45) is 10.4 Å². The molecule has 0 aromatic carbocycles. The van der Waals surface area contributed by atoms with Crippen molar-refractivity contribution in [2.75, 3.05) is 46.9 Å². The molecule has 2 aliphatic heterocycles. The third kappa shape index (κ3) is 4.21. The van der Waals surface area contributed by atoms with E-state index < -0.39 is 0 Å². The normalized spacial score (nSPS) is 26.4. The zero-order valence-electron chi connectivity index (χ0n) is 12.3.